The molecule has 0 bridgehead atoms. The molecule has 0 N–H and O–H groups in total. The number of unbranched alkanes of at least 4 members (excludes halogenated alkanes) is 8. The largest absolute Gasteiger partial charge is 0.0877 e. The summed E-state index contributed by atoms with van der Waals surface area (Å²) in [6.45, 7) is 2.27. The zero-order chi connectivity index (χ0) is 11.4. The first-order valence-corrected chi connectivity index (χ1v) is 8.05. The van der Waals surface area contributed by atoms with E-state index in [0.29, 0.717) is 3.74 Å². The quantitative estimate of drug-likeness (QED) is 0.253. The molecule has 0 unspecified atom stereocenters. The summed E-state index contributed by atoms with van der Waals surface area (Å²) in [5.41, 5.74) is 0. The Labute approximate surface area is 112 Å². The number of hydrogen-bond donors (Lipinski definition) is 0. The number of allylic oxidation sites excluding steroid dienone is 2. The van der Waals surface area contributed by atoms with Crippen molar-refractivity contribution in [3.05, 3.63) is 12.2 Å². The molecule has 0 aliphatic carbocycles. The van der Waals surface area contributed by atoms with Crippen molar-refractivity contribution in [2.75, 3.05) is 0 Å². The van der Waals surface area contributed by atoms with Gasteiger partial charge in [0.05, 0.1) is 3.74 Å². The fourth-order valence-electron chi connectivity index (χ4n) is 1.60. The van der Waals surface area contributed by atoms with Crippen molar-refractivity contribution < 1.29 is 0 Å². The van der Waals surface area contributed by atoms with Crippen LogP contribution in [0.25, 0.3) is 0 Å². The molecule has 0 aliphatic heterocycles. The lowest BCUT2D eigenvalue weighted by Gasteiger charge is -1.99. The number of rotatable bonds is 10. The van der Waals surface area contributed by atoms with Gasteiger partial charge in [0.25, 0.3) is 0 Å². The Hall–Kier alpha value is 0.700. The minimum Gasteiger partial charge on any atom is -0.0866 e. The monoisotopic (exact) mass is 338 g/mol. The summed E-state index contributed by atoms with van der Waals surface area (Å²) in [5.74, 6) is 0. The van der Waals surface area contributed by atoms with Gasteiger partial charge in [0.15, 0.2) is 0 Å². The molecule has 0 atom stereocenters. The minimum atomic E-state index is 0.346. The summed E-state index contributed by atoms with van der Waals surface area (Å²) in [4.78, 5) is 0. The lowest BCUT2D eigenvalue weighted by molar-refractivity contribution is 0.577. The highest BCUT2D eigenvalue weighted by Gasteiger charge is 1.91. The van der Waals surface area contributed by atoms with Gasteiger partial charge in [0.1, 0.15) is 0 Å². The van der Waals surface area contributed by atoms with Crippen molar-refractivity contribution in [1.82, 2.24) is 0 Å². The van der Waals surface area contributed by atoms with E-state index >= 15 is 0 Å². The topological polar surface area (TPSA) is 0 Å². The Morgan fingerprint density at radius 1 is 0.867 bits per heavy atom. The molecule has 0 fully saturated rings. The van der Waals surface area contributed by atoms with E-state index < -0.39 is 0 Å². The van der Waals surface area contributed by atoms with Crippen molar-refractivity contribution in [3.63, 3.8) is 0 Å². The van der Waals surface area contributed by atoms with E-state index in [4.69, 9.17) is 0 Å². The molecule has 0 rings (SSSR count). The summed E-state index contributed by atoms with van der Waals surface area (Å²) in [6, 6.07) is 0. The molecular weight excluding hydrogens is 316 g/mol. The van der Waals surface area contributed by atoms with Gasteiger partial charge < -0.3 is 0 Å². The van der Waals surface area contributed by atoms with Gasteiger partial charge in [0, 0.05) is 0 Å². The molecule has 15 heavy (non-hydrogen) atoms. The van der Waals surface area contributed by atoms with E-state index in [1.54, 1.807) is 0 Å². The standard InChI is InChI=1S/C13H24Br2/c1-2-3-4-5-6-7-8-9-10-11-12-13(14)15/h11-13H,2-10H2,1H3/b12-11+. The average molecular weight is 340 g/mol. The highest BCUT2D eigenvalue weighted by atomic mass is 79.9. The number of halogens is 2. The first-order valence-electron chi connectivity index (χ1n) is 6.22. The zero-order valence-corrected chi connectivity index (χ0v) is 13.0. The van der Waals surface area contributed by atoms with Gasteiger partial charge in [-0.25, -0.2) is 0 Å². The van der Waals surface area contributed by atoms with E-state index in [-0.39, 0.29) is 0 Å². The van der Waals surface area contributed by atoms with Crippen LogP contribution in [0.15, 0.2) is 12.2 Å². The van der Waals surface area contributed by atoms with Crippen molar-refractivity contribution in [3.8, 4) is 0 Å². The van der Waals surface area contributed by atoms with Gasteiger partial charge in [0.2, 0.25) is 0 Å². The van der Waals surface area contributed by atoms with E-state index in [9.17, 15) is 0 Å². The number of hydrogen-bond acceptors (Lipinski definition) is 0. The van der Waals surface area contributed by atoms with Crippen LogP contribution in [0.1, 0.15) is 64.7 Å². The third-order valence-corrected chi connectivity index (χ3v) is 3.12. The molecule has 2 heteroatoms. The molecule has 0 aromatic carbocycles. The third kappa shape index (κ3) is 14.7. The maximum atomic E-state index is 3.42. The Morgan fingerprint density at radius 2 is 1.40 bits per heavy atom. The van der Waals surface area contributed by atoms with Gasteiger partial charge in [-0.05, 0) is 12.8 Å². The lowest BCUT2D eigenvalue weighted by atomic mass is 10.1. The molecule has 0 saturated heterocycles. The van der Waals surface area contributed by atoms with E-state index in [0.717, 1.165) is 0 Å². The first kappa shape index (κ1) is 15.7. The highest BCUT2D eigenvalue weighted by molar-refractivity contribution is 9.24. The molecular formula is C13H24Br2. The summed E-state index contributed by atoms with van der Waals surface area (Å²) in [7, 11) is 0. The molecule has 0 radical (unpaired) electrons. The van der Waals surface area contributed by atoms with Gasteiger partial charge in [-0.15, -0.1) is 0 Å². The second-order valence-corrected chi connectivity index (χ2v) is 7.23. The predicted molar refractivity (Wildman–Crippen MR) is 78.0 cm³/mol. The Balaban J connectivity index is 2.99. The second-order valence-electron chi connectivity index (χ2n) is 4.03. The molecule has 0 aromatic rings. The van der Waals surface area contributed by atoms with Crippen LogP contribution in [0.4, 0.5) is 0 Å². The Morgan fingerprint density at radius 3 is 1.93 bits per heavy atom. The molecule has 0 heterocycles. The van der Waals surface area contributed by atoms with E-state index in [1.165, 1.54) is 57.8 Å². The van der Waals surface area contributed by atoms with Crippen LogP contribution in [-0.4, -0.2) is 3.74 Å². The van der Waals surface area contributed by atoms with Crippen LogP contribution in [-0.2, 0) is 0 Å². The summed E-state index contributed by atoms with van der Waals surface area (Å²) in [6.07, 6.45) is 16.9. The van der Waals surface area contributed by atoms with Gasteiger partial charge >= 0.3 is 0 Å². The van der Waals surface area contributed by atoms with Crippen LogP contribution in [0.2, 0.25) is 0 Å². The van der Waals surface area contributed by atoms with Gasteiger partial charge in [-0.1, -0.05) is 95.9 Å². The van der Waals surface area contributed by atoms with Crippen LogP contribution >= 0.6 is 31.9 Å². The lowest BCUT2D eigenvalue weighted by Crippen LogP contribution is -1.80. The van der Waals surface area contributed by atoms with Gasteiger partial charge in [-0.2, -0.15) is 0 Å². The highest BCUT2D eigenvalue weighted by Crippen LogP contribution is 2.12. The third-order valence-electron chi connectivity index (χ3n) is 2.51. The zero-order valence-electron chi connectivity index (χ0n) is 9.85. The molecule has 0 spiro atoms. The summed E-state index contributed by atoms with van der Waals surface area (Å²) < 4.78 is 0.346. The van der Waals surface area contributed by atoms with Crippen molar-refractivity contribution in [2.45, 2.75) is 68.4 Å². The smallest absolute Gasteiger partial charge is 0.0866 e. The fourth-order valence-corrected chi connectivity index (χ4v) is 2.03. The first-order chi connectivity index (χ1) is 7.27. The second kappa shape index (κ2) is 12.8. The Bertz CT molecular complexity index is 141. The van der Waals surface area contributed by atoms with E-state index in [2.05, 4.69) is 50.9 Å². The van der Waals surface area contributed by atoms with E-state index in [1.807, 2.05) is 0 Å². The normalized spacial score (nSPS) is 11.7. The minimum absolute atomic E-state index is 0.346. The molecule has 90 valence electrons. The summed E-state index contributed by atoms with van der Waals surface area (Å²) in [5, 5.41) is 0. The van der Waals surface area contributed by atoms with Gasteiger partial charge in [-0.3, -0.25) is 0 Å². The predicted octanol–water partition coefficient (Wildman–Crippen LogP) is 6.19. The maximum Gasteiger partial charge on any atom is 0.0877 e. The summed E-state index contributed by atoms with van der Waals surface area (Å²) >= 11 is 6.84. The van der Waals surface area contributed by atoms with Crippen LogP contribution in [0, 0.1) is 0 Å². The van der Waals surface area contributed by atoms with Crippen molar-refractivity contribution in [1.29, 1.82) is 0 Å². The maximum absolute atomic E-state index is 3.42. The SMILES string of the molecule is CCCCCCCCCC/C=C/C(Br)Br. The van der Waals surface area contributed by atoms with Crippen LogP contribution in [0.5, 0.6) is 0 Å². The molecule has 0 aromatic heterocycles. The molecule has 0 aliphatic rings. The fraction of sp³-hybridized carbons (Fsp3) is 0.846. The van der Waals surface area contributed by atoms with Crippen LogP contribution < -0.4 is 0 Å². The molecule has 0 nitrogen and oxygen atoms in total. The molecule has 0 amide bonds. The Kier molecular flexibility index (Phi) is 13.4. The molecule has 0 saturated carbocycles. The average Bonchev–Trinajstić information content (AvgIpc) is 2.20. The van der Waals surface area contributed by atoms with Crippen LogP contribution in [0.3, 0.4) is 0 Å². The van der Waals surface area contributed by atoms with Crippen molar-refractivity contribution in [2.24, 2.45) is 0 Å². The number of alkyl halides is 2. The van der Waals surface area contributed by atoms with Crippen molar-refractivity contribution >= 4 is 31.9 Å².